The molecule has 1 amide bonds. The normalized spacial score (nSPS) is 10.7. The third-order valence-electron chi connectivity index (χ3n) is 2.10. The van der Waals surface area contributed by atoms with Crippen LogP contribution < -0.4 is 10.1 Å². The highest BCUT2D eigenvalue weighted by atomic mass is 35.5. The maximum Gasteiger partial charge on any atom is 0.418 e. The van der Waals surface area contributed by atoms with E-state index in [0.29, 0.717) is 0 Å². The fourth-order valence-electron chi connectivity index (χ4n) is 1.28. The van der Waals surface area contributed by atoms with Gasteiger partial charge in [0.1, 0.15) is 12.2 Å². The summed E-state index contributed by atoms with van der Waals surface area (Å²) in [6, 6.07) is 3.44. The maximum absolute atomic E-state index is 12.7. The minimum atomic E-state index is -4.68. The van der Waals surface area contributed by atoms with Crippen LogP contribution in [-0.2, 0) is 11.0 Å². The van der Waals surface area contributed by atoms with Crippen molar-refractivity contribution in [2.24, 2.45) is 0 Å². The number of hydrogen-bond acceptors (Lipinski definition) is 3. The van der Waals surface area contributed by atoms with Crippen LogP contribution >= 0.6 is 11.6 Å². The second kappa shape index (κ2) is 5.80. The predicted octanol–water partition coefficient (Wildman–Crippen LogP) is 3.22. The summed E-state index contributed by atoms with van der Waals surface area (Å²) >= 11 is 5.59. The number of nitrogens with zero attached hydrogens (tertiary/aromatic N) is 1. The molecule has 1 rings (SSSR count). The Morgan fingerprint density at radius 3 is 2.63 bits per heavy atom. The van der Waals surface area contributed by atoms with Crippen molar-refractivity contribution in [3.8, 4) is 11.8 Å². The zero-order valence-corrected chi connectivity index (χ0v) is 10.4. The summed E-state index contributed by atoms with van der Waals surface area (Å²) in [7, 11) is 1.18. The first kappa shape index (κ1) is 15.1. The lowest BCUT2D eigenvalue weighted by Gasteiger charge is -2.14. The van der Waals surface area contributed by atoms with Gasteiger partial charge in [-0.2, -0.15) is 18.4 Å². The highest BCUT2D eigenvalue weighted by molar-refractivity contribution is 6.34. The van der Waals surface area contributed by atoms with Gasteiger partial charge < -0.3 is 10.1 Å². The van der Waals surface area contributed by atoms with Gasteiger partial charge in [0.15, 0.2) is 0 Å². The van der Waals surface area contributed by atoms with Gasteiger partial charge in [-0.25, -0.2) is 0 Å². The van der Waals surface area contributed by atoms with Crippen LogP contribution in [0.5, 0.6) is 5.75 Å². The fraction of sp³-hybridized carbons (Fsp3) is 0.273. The van der Waals surface area contributed by atoms with E-state index in [4.69, 9.17) is 21.6 Å². The summed E-state index contributed by atoms with van der Waals surface area (Å²) in [4.78, 5) is 11.2. The first-order valence-corrected chi connectivity index (χ1v) is 5.29. The molecule has 0 bridgehead atoms. The Kier molecular flexibility index (Phi) is 4.62. The average molecular weight is 293 g/mol. The molecule has 0 saturated carbocycles. The third kappa shape index (κ3) is 3.76. The topological polar surface area (TPSA) is 62.1 Å². The van der Waals surface area contributed by atoms with Crippen molar-refractivity contribution in [3.05, 3.63) is 22.7 Å². The lowest BCUT2D eigenvalue weighted by atomic mass is 10.1. The van der Waals surface area contributed by atoms with Crippen LogP contribution in [-0.4, -0.2) is 13.0 Å². The van der Waals surface area contributed by atoms with Crippen molar-refractivity contribution in [1.82, 2.24) is 0 Å². The number of alkyl halides is 3. The van der Waals surface area contributed by atoms with Gasteiger partial charge in [0.25, 0.3) is 0 Å². The highest BCUT2D eigenvalue weighted by Gasteiger charge is 2.35. The van der Waals surface area contributed by atoms with Crippen molar-refractivity contribution >= 4 is 23.2 Å². The number of carbonyl (C=O) groups excluding carboxylic acids is 1. The quantitative estimate of drug-likeness (QED) is 0.930. The van der Waals surface area contributed by atoms with Gasteiger partial charge in [-0.05, 0) is 6.07 Å². The number of carbonyl (C=O) groups is 1. The number of nitrogens with one attached hydrogen (secondary N) is 1. The van der Waals surface area contributed by atoms with Crippen LogP contribution in [0.2, 0.25) is 5.02 Å². The maximum atomic E-state index is 12.7. The van der Waals surface area contributed by atoms with Crippen molar-refractivity contribution in [2.75, 3.05) is 12.4 Å². The standard InChI is InChI=1S/C11H8ClF3N2O2/c1-19-6-4-7(11(13,14)15)10(12)8(5-6)17-9(18)2-3-16/h4-5H,2H2,1H3,(H,17,18). The average Bonchev–Trinajstić information content (AvgIpc) is 2.30. The number of methoxy groups -OCH3 is 1. The summed E-state index contributed by atoms with van der Waals surface area (Å²) in [5.41, 5.74) is -1.38. The predicted molar refractivity (Wildman–Crippen MR) is 61.9 cm³/mol. The van der Waals surface area contributed by atoms with Gasteiger partial charge in [-0.1, -0.05) is 11.6 Å². The van der Waals surface area contributed by atoms with E-state index >= 15 is 0 Å². The summed E-state index contributed by atoms with van der Waals surface area (Å²) in [6.45, 7) is 0. The summed E-state index contributed by atoms with van der Waals surface area (Å²) in [6.07, 6.45) is -5.17. The Morgan fingerprint density at radius 1 is 1.53 bits per heavy atom. The lowest BCUT2D eigenvalue weighted by molar-refractivity contribution is -0.137. The van der Waals surface area contributed by atoms with Gasteiger partial charge in [-0.15, -0.1) is 0 Å². The smallest absolute Gasteiger partial charge is 0.418 e. The zero-order chi connectivity index (χ0) is 14.6. The number of hydrogen-bond donors (Lipinski definition) is 1. The minimum absolute atomic E-state index is 0.107. The van der Waals surface area contributed by atoms with E-state index in [1.54, 1.807) is 6.07 Å². The van der Waals surface area contributed by atoms with E-state index in [-0.39, 0.29) is 11.4 Å². The monoisotopic (exact) mass is 292 g/mol. The van der Waals surface area contributed by atoms with Gasteiger partial charge in [0.2, 0.25) is 5.91 Å². The molecule has 0 aliphatic rings. The number of rotatable bonds is 3. The molecule has 1 N–H and O–H groups in total. The van der Waals surface area contributed by atoms with E-state index in [2.05, 4.69) is 5.32 Å². The summed E-state index contributed by atoms with van der Waals surface area (Å²) in [5.74, 6) is -0.866. The lowest BCUT2D eigenvalue weighted by Crippen LogP contribution is -2.13. The molecular formula is C11H8ClF3N2O2. The molecule has 4 nitrogen and oxygen atoms in total. The Balaban J connectivity index is 3.25. The van der Waals surface area contributed by atoms with Gasteiger partial charge in [-0.3, -0.25) is 4.79 Å². The first-order valence-electron chi connectivity index (χ1n) is 4.91. The number of amides is 1. The Hall–Kier alpha value is -1.94. The summed E-state index contributed by atoms with van der Waals surface area (Å²) < 4.78 is 42.9. The number of benzene rings is 1. The molecule has 0 aromatic heterocycles. The molecule has 102 valence electrons. The molecule has 0 aliphatic heterocycles. The van der Waals surface area contributed by atoms with Crippen LogP contribution in [0.1, 0.15) is 12.0 Å². The Labute approximate surface area is 111 Å². The van der Waals surface area contributed by atoms with Crippen molar-refractivity contribution < 1.29 is 22.7 Å². The van der Waals surface area contributed by atoms with Crippen molar-refractivity contribution in [2.45, 2.75) is 12.6 Å². The van der Waals surface area contributed by atoms with Crippen molar-refractivity contribution in [1.29, 1.82) is 5.26 Å². The molecule has 0 heterocycles. The zero-order valence-electron chi connectivity index (χ0n) is 9.64. The van der Waals surface area contributed by atoms with E-state index in [1.807, 2.05) is 0 Å². The minimum Gasteiger partial charge on any atom is -0.497 e. The van der Waals surface area contributed by atoms with Crippen LogP contribution in [0, 0.1) is 11.3 Å². The van der Waals surface area contributed by atoms with Crippen LogP contribution in [0.15, 0.2) is 12.1 Å². The molecular weight excluding hydrogens is 285 g/mol. The van der Waals surface area contributed by atoms with Gasteiger partial charge >= 0.3 is 6.18 Å². The van der Waals surface area contributed by atoms with Crippen LogP contribution in [0.3, 0.4) is 0 Å². The molecule has 1 aromatic rings. The van der Waals surface area contributed by atoms with E-state index < -0.39 is 29.1 Å². The van der Waals surface area contributed by atoms with E-state index in [9.17, 15) is 18.0 Å². The van der Waals surface area contributed by atoms with E-state index in [1.165, 1.54) is 7.11 Å². The Bertz CT molecular complexity index is 538. The van der Waals surface area contributed by atoms with Crippen LogP contribution in [0.25, 0.3) is 0 Å². The number of nitriles is 1. The number of ether oxygens (including phenoxy) is 1. The number of halogens is 4. The largest absolute Gasteiger partial charge is 0.497 e. The second-order valence-electron chi connectivity index (χ2n) is 3.42. The molecule has 0 unspecified atom stereocenters. The van der Waals surface area contributed by atoms with Gasteiger partial charge in [0, 0.05) is 6.07 Å². The molecule has 0 atom stereocenters. The Morgan fingerprint density at radius 2 is 2.16 bits per heavy atom. The molecule has 0 radical (unpaired) electrons. The van der Waals surface area contributed by atoms with Crippen molar-refractivity contribution in [3.63, 3.8) is 0 Å². The summed E-state index contributed by atoms with van der Waals surface area (Å²) in [5, 5.41) is 9.79. The fourth-order valence-corrected chi connectivity index (χ4v) is 1.54. The molecule has 0 spiro atoms. The molecule has 0 fully saturated rings. The SMILES string of the molecule is COc1cc(NC(=O)CC#N)c(Cl)c(C(F)(F)F)c1. The van der Waals surface area contributed by atoms with E-state index in [0.717, 1.165) is 12.1 Å². The third-order valence-corrected chi connectivity index (χ3v) is 2.51. The molecule has 0 aliphatic carbocycles. The van der Waals surface area contributed by atoms with Gasteiger partial charge in [0.05, 0.1) is 29.5 Å². The molecule has 0 saturated heterocycles. The van der Waals surface area contributed by atoms with Crippen LogP contribution in [0.4, 0.5) is 18.9 Å². The highest BCUT2D eigenvalue weighted by Crippen LogP contribution is 2.41. The second-order valence-corrected chi connectivity index (χ2v) is 3.80. The first-order chi connectivity index (χ1) is 8.79. The molecule has 1 aromatic carbocycles. The molecule has 8 heteroatoms. The number of anilines is 1. The molecule has 19 heavy (non-hydrogen) atoms.